The summed E-state index contributed by atoms with van der Waals surface area (Å²) in [6.45, 7) is 5.30. The Balaban J connectivity index is 1.41. The molecule has 1 aliphatic carbocycles. The maximum atomic E-state index is 13.5. The van der Waals surface area contributed by atoms with E-state index >= 15 is 0 Å². The molecule has 31 heavy (non-hydrogen) atoms. The summed E-state index contributed by atoms with van der Waals surface area (Å²) in [4.78, 5) is 32.4. The Morgan fingerprint density at radius 2 is 1.74 bits per heavy atom. The van der Waals surface area contributed by atoms with E-state index in [9.17, 15) is 9.59 Å². The Bertz CT molecular complexity index is 864. The zero-order chi connectivity index (χ0) is 21.8. The quantitative estimate of drug-likeness (QED) is 0.713. The van der Waals surface area contributed by atoms with Gasteiger partial charge in [-0.25, -0.2) is 0 Å². The van der Waals surface area contributed by atoms with Gasteiger partial charge in [-0.05, 0) is 49.9 Å². The van der Waals surface area contributed by atoms with Crippen molar-refractivity contribution < 1.29 is 14.0 Å². The Kier molecular flexibility index (Phi) is 6.76. The van der Waals surface area contributed by atoms with E-state index in [2.05, 4.69) is 4.90 Å². The average molecular weight is 424 g/mol. The van der Waals surface area contributed by atoms with Crippen molar-refractivity contribution in [3.63, 3.8) is 0 Å². The first-order chi connectivity index (χ1) is 15.0. The number of carbonyl (C=O) groups is 2. The standard InChI is InChI=1S/C25H33N3O3/c1-19-9-11-21(12-10-19)24(29)28-15-13-27(14-16-28)23(20-6-3-4-7-20)25(30)26(2)18-22-8-5-17-31-22/h5,8-12,17,20,23H,3-4,6-7,13-16,18H2,1-2H3. The van der Waals surface area contributed by atoms with E-state index in [4.69, 9.17) is 4.42 Å². The number of aryl methyl sites for hydroxylation is 1. The molecule has 1 aromatic carbocycles. The summed E-state index contributed by atoms with van der Waals surface area (Å²) < 4.78 is 5.44. The number of piperazine rings is 1. The van der Waals surface area contributed by atoms with Crippen LogP contribution in [0.15, 0.2) is 47.1 Å². The fourth-order valence-corrected chi connectivity index (χ4v) is 4.95. The zero-order valence-corrected chi connectivity index (χ0v) is 18.6. The third-order valence-electron chi connectivity index (χ3n) is 6.74. The predicted octanol–water partition coefficient (Wildman–Crippen LogP) is 3.56. The van der Waals surface area contributed by atoms with Gasteiger partial charge in [0.15, 0.2) is 0 Å². The highest BCUT2D eigenvalue weighted by Crippen LogP contribution is 2.32. The van der Waals surface area contributed by atoms with Crippen molar-refractivity contribution in [3.8, 4) is 0 Å². The van der Waals surface area contributed by atoms with Crippen molar-refractivity contribution in [1.82, 2.24) is 14.7 Å². The van der Waals surface area contributed by atoms with Gasteiger partial charge in [0.1, 0.15) is 5.76 Å². The summed E-state index contributed by atoms with van der Waals surface area (Å²) in [6.07, 6.45) is 6.25. The number of carbonyl (C=O) groups excluding carboxylic acids is 2. The molecule has 1 saturated heterocycles. The van der Waals surface area contributed by atoms with Crippen LogP contribution in [0, 0.1) is 12.8 Å². The van der Waals surface area contributed by atoms with Crippen LogP contribution < -0.4 is 0 Å². The number of amides is 2. The molecule has 4 rings (SSSR count). The van der Waals surface area contributed by atoms with E-state index in [-0.39, 0.29) is 17.9 Å². The van der Waals surface area contributed by atoms with E-state index in [1.807, 2.05) is 55.3 Å². The second kappa shape index (κ2) is 9.69. The molecule has 1 saturated carbocycles. The lowest BCUT2D eigenvalue weighted by molar-refractivity contribution is -0.139. The summed E-state index contributed by atoms with van der Waals surface area (Å²) in [7, 11) is 1.87. The maximum absolute atomic E-state index is 13.5. The Morgan fingerprint density at radius 3 is 2.35 bits per heavy atom. The molecule has 6 nitrogen and oxygen atoms in total. The minimum absolute atomic E-state index is 0.0818. The van der Waals surface area contributed by atoms with E-state index in [1.54, 1.807) is 11.2 Å². The molecular formula is C25H33N3O3. The van der Waals surface area contributed by atoms with E-state index in [0.717, 1.165) is 42.8 Å². The zero-order valence-electron chi connectivity index (χ0n) is 18.6. The molecule has 2 heterocycles. The van der Waals surface area contributed by atoms with Gasteiger partial charge < -0.3 is 14.2 Å². The molecule has 1 unspecified atom stereocenters. The van der Waals surface area contributed by atoms with Crippen LogP contribution in [-0.2, 0) is 11.3 Å². The molecule has 2 aromatic rings. The van der Waals surface area contributed by atoms with E-state index < -0.39 is 0 Å². The average Bonchev–Trinajstić information content (AvgIpc) is 3.49. The van der Waals surface area contributed by atoms with Crippen LogP contribution in [-0.4, -0.2) is 65.8 Å². The number of likely N-dealkylation sites (N-methyl/N-ethyl adjacent to an activating group) is 1. The second-order valence-corrected chi connectivity index (χ2v) is 8.96. The van der Waals surface area contributed by atoms with Crippen molar-refractivity contribution in [3.05, 3.63) is 59.5 Å². The summed E-state index contributed by atoms with van der Waals surface area (Å²) in [5.74, 6) is 1.44. The molecule has 0 radical (unpaired) electrons. The minimum atomic E-state index is -0.112. The van der Waals surface area contributed by atoms with Gasteiger partial charge in [0.05, 0.1) is 18.8 Å². The number of nitrogens with zero attached hydrogens (tertiary/aromatic N) is 3. The van der Waals surface area contributed by atoms with Gasteiger partial charge in [0, 0.05) is 38.8 Å². The molecule has 0 spiro atoms. The number of rotatable bonds is 6. The van der Waals surface area contributed by atoms with Gasteiger partial charge in [0.25, 0.3) is 5.91 Å². The van der Waals surface area contributed by atoms with Crippen LogP contribution >= 0.6 is 0 Å². The van der Waals surface area contributed by atoms with Crippen LogP contribution in [0.1, 0.15) is 47.4 Å². The van der Waals surface area contributed by atoms with E-state index in [1.165, 1.54) is 12.8 Å². The second-order valence-electron chi connectivity index (χ2n) is 8.96. The molecule has 6 heteroatoms. The highest BCUT2D eigenvalue weighted by Gasteiger charge is 2.38. The highest BCUT2D eigenvalue weighted by atomic mass is 16.3. The smallest absolute Gasteiger partial charge is 0.253 e. The first-order valence-electron chi connectivity index (χ1n) is 11.4. The fourth-order valence-electron chi connectivity index (χ4n) is 4.95. The van der Waals surface area contributed by atoms with Gasteiger partial charge in [-0.3, -0.25) is 14.5 Å². The normalized spacial score (nSPS) is 18.8. The summed E-state index contributed by atoms with van der Waals surface area (Å²) in [6, 6.07) is 11.4. The van der Waals surface area contributed by atoms with Crippen LogP contribution in [0.25, 0.3) is 0 Å². The maximum Gasteiger partial charge on any atom is 0.253 e. The summed E-state index contributed by atoms with van der Waals surface area (Å²) in [5, 5.41) is 0. The lowest BCUT2D eigenvalue weighted by Gasteiger charge is -2.42. The van der Waals surface area contributed by atoms with Gasteiger partial charge in [0.2, 0.25) is 5.91 Å². The molecule has 2 fully saturated rings. The monoisotopic (exact) mass is 423 g/mol. The SMILES string of the molecule is Cc1ccc(C(=O)N2CCN(C(C(=O)N(C)Cc3ccco3)C3CCCC3)CC2)cc1. The van der Waals surface area contributed by atoms with Crippen LogP contribution in [0.4, 0.5) is 0 Å². The third kappa shape index (κ3) is 5.01. The molecule has 2 amide bonds. The Hall–Kier alpha value is -2.60. The van der Waals surface area contributed by atoms with Crippen LogP contribution in [0.2, 0.25) is 0 Å². The molecule has 166 valence electrons. The molecule has 0 bridgehead atoms. The number of hydrogen-bond acceptors (Lipinski definition) is 4. The van der Waals surface area contributed by atoms with E-state index in [0.29, 0.717) is 25.6 Å². The molecule has 1 aliphatic heterocycles. The lowest BCUT2D eigenvalue weighted by Crippen LogP contribution is -2.58. The van der Waals surface area contributed by atoms with Crippen molar-refractivity contribution in [2.75, 3.05) is 33.2 Å². The lowest BCUT2D eigenvalue weighted by atomic mass is 9.94. The van der Waals surface area contributed by atoms with Gasteiger partial charge in [-0.2, -0.15) is 0 Å². The first-order valence-corrected chi connectivity index (χ1v) is 11.4. The number of furan rings is 1. The predicted molar refractivity (Wildman–Crippen MR) is 120 cm³/mol. The largest absolute Gasteiger partial charge is 0.467 e. The molecule has 2 aliphatic rings. The Labute approximate surface area is 184 Å². The number of benzene rings is 1. The van der Waals surface area contributed by atoms with Gasteiger partial charge in [-0.1, -0.05) is 30.5 Å². The highest BCUT2D eigenvalue weighted by molar-refractivity contribution is 5.94. The molecule has 0 N–H and O–H groups in total. The summed E-state index contributed by atoms with van der Waals surface area (Å²) in [5.41, 5.74) is 1.89. The molecule has 1 aromatic heterocycles. The van der Waals surface area contributed by atoms with Crippen LogP contribution in [0.5, 0.6) is 0 Å². The Morgan fingerprint density at radius 1 is 1.06 bits per heavy atom. The van der Waals surface area contributed by atoms with Gasteiger partial charge in [-0.15, -0.1) is 0 Å². The summed E-state index contributed by atoms with van der Waals surface area (Å²) >= 11 is 0. The fraction of sp³-hybridized carbons (Fsp3) is 0.520. The number of hydrogen-bond donors (Lipinski definition) is 0. The topological polar surface area (TPSA) is 57.0 Å². The van der Waals surface area contributed by atoms with Crippen LogP contribution in [0.3, 0.4) is 0 Å². The van der Waals surface area contributed by atoms with Gasteiger partial charge >= 0.3 is 0 Å². The van der Waals surface area contributed by atoms with Crippen molar-refractivity contribution in [1.29, 1.82) is 0 Å². The third-order valence-corrected chi connectivity index (χ3v) is 6.74. The first kappa shape index (κ1) is 21.6. The molecule has 1 atom stereocenters. The minimum Gasteiger partial charge on any atom is -0.467 e. The van der Waals surface area contributed by atoms with Crippen molar-refractivity contribution >= 4 is 11.8 Å². The van der Waals surface area contributed by atoms with Crippen molar-refractivity contribution in [2.45, 2.75) is 45.2 Å². The van der Waals surface area contributed by atoms with Crippen molar-refractivity contribution in [2.24, 2.45) is 5.92 Å². The molecular weight excluding hydrogens is 390 g/mol.